The first kappa shape index (κ1) is 15.7. The van der Waals surface area contributed by atoms with Crippen LogP contribution in [-0.4, -0.2) is 29.7 Å². The lowest BCUT2D eigenvalue weighted by Crippen LogP contribution is -2.18. The maximum absolute atomic E-state index is 5.44. The van der Waals surface area contributed by atoms with Gasteiger partial charge in [0.25, 0.3) is 0 Å². The quantitative estimate of drug-likeness (QED) is 0.852. The molecule has 0 amide bonds. The van der Waals surface area contributed by atoms with E-state index in [0.717, 1.165) is 73.7 Å². The van der Waals surface area contributed by atoms with E-state index in [-0.39, 0.29) is 0 Å². The highest BCUT2D eigenvalue weighted by atomic mass is 79.9. The van der Waals surface area contributed by atoms with Gasteiger partial charge in [0.15, 0.2) is 0 Å². The Hall–Kier alpha value is -0.680. The van der Waals surface area contributed by atoms with E-state index in [1.165, 1.54) is 0 Å². The third kappa shape index (κ3) is 3.92. The number of rotatable bonds is 6. The van der Waals surface area contributed by atoms with Gasteiger partial charge in [-0.3, -0.25) is 0 Å². The molecule has 5 heteroatoms. The van der Waals surface area contributed by atoms with Crippen molar-refractivity contribution in [2.45, 2.75) is 51.9 Å². The van der Waals surface area contributed by atoms with Crippen LogP contribution in [0.5, 0.6) is 0 Å². The summed E-state index contributed by atoms with van der Waals surface area (Å²) in [6.45, 7) is 6.93. The summed E-state index contributed by atoms with van der Waals surface area (Å²) in [4.78, 5) is 9.55. The number of aromatic nitrogens is 2. The molecule has 1 aromatic rings. The van der Waals surface area contributed by atoms with Crippen LogP contribution in [-0.2, 0) is 11.2 Å². The molecule has 1 aliphatic heterocycles. The maximum atomic E-state index is 5.44. The average molecular weight is 342 g/mol. The highest BCUT2D eigenvalue weighted by molar-refractivity contribution is 9.10. The van der Waals surface area contributed by atoms with Gasteiger partial charge in [-0.25, -0.2) is 9.97 Å². The minimum absolute atomic E-state index is 0.439. The van der Waals surface area contributed by atoms with E-state index in [4.69, 9.17) is 14.7 Å². The lowest BCUT2D eigenvalue weighted by molar-refractivity contribution is 0.0835. The van der Waals surface area contributed by atoms with Crippen LogP contribution in [0.4, 0.5) is 5.82 Å². The number of halogens is 1. The molecule has 4 nitrogen and oxygen atoms in total. The van der Waals surface area contributed by atoms with Gasteiger partial charge in [-0.15, -0.1) is 0 Å². The Balaban J connectivity index is 2.27. The summed E-state index contributed by atoms with van der Waals surface area (Å²) in [6.07, 6.45) is 5.23. The summed E-state index contributed by atoms with van der Waals surface area (Å²) in [7, 11) is 0. The lowest BCUT2D eigenvalue weighted by atomic mass is 9.99. The minimum Gasteiger partial charge on any atom is -0.381 e. The van der Waals surface area contributed by atoms with E-state index < -0.39 is 0 Å². The molecular weight excluding hydrogens is 318 g/mol. The first-order valence-corrected chi connectivity index (χ1v) is 8.43. The Labute approximate surface area is 129 Å². The van der Waals surface area contributed by atoms with Gasteiger partial charge in [0.1, 0.15) is 11.6 Å². The van der Waals surface area contributed by atoms with Crippen molar-refractivity contribution < 1.29 is 4.74 Å². The number of hydrogen-bond acceptors (Lipinski definition) is 4. The highest BCUT2D eigenvalue weighted by Crippen LogP contribution is 2.30. The van der Waals surface area contributed by atoms with Crippen LogP contribution in [0.25, 0.3) is 0 Å². The maximum Gasteiger partial charge on any atom is 0.144 e. The van der Waals surface area contributed by atoms with E-state index in [2.05, 4.69) is 35.1 Å². The molecule has 20 heavy (non-hydrogen) atoms. The second-order valence-electron chi connectivity index (χ2n) is 5.25. The highest BCUT2D eigenvalue weighted by Gasteiger charge is 2.21. The summed E-state index contributed by atoms with van der Waals surface area (Å²) >= 11 is 3.66. The van der Waals surface area contributed by atoms with Gasteiger partial charge < -0.3 is 10.1 Å². The molecule has 0 spiro atoms. The van der Waals surface area contributed by atoms with Gasteiger partial charge in [-0.05, 0) is 41.6 Å². The fourth-order valence-electron chi connectivity index (χ4n) is 2.41. The number of ether oxygens (including phenoxy) is 1. The summed E-state index contributed by atoms with van der Waals surface area (Å²) < 4.78 is 6.47. The number of aryl methyl sites for hydroxylation is 1. The van der Waals surface area contributed by atoms with E-state index in [1.807, 2.05) is 0 Å². The van der Waals surface area contributed by atoms with Gasteiger partial charge in [0.2, 0.25) is 0 Å². The van der Waals surface area contributed by atoms with Crippen LogP contribution in [0.3, 0.4) is 0 Å². The van der Waals surface area contributed by atoms with Crippen LogP contribution in [0.15, 0.2) is 4.47 Å². The monoisotopic (exact) mass is 341 g/mol. The third-order valence-electron chi connectivity index (χ3n) is 3.55. The van der Waals surface area contributed by atoms with Crippen molar-refractivity contribution in [2.24, 2.45) is 0 Å². The molecule has 0 saturated carbocycles. The van der Waals surface area contributed by atoms with Crippen LogP contribution < -0.4 is 5.32 Å². The second kappa shape index (κ2) is 7.93. The van der Waals surface area contributed by atoms with Gasteiger partial charge in [0.05, 0.1) is 10.2 Å². The van der Waals surface area contributed by atoms with Gasteiger partial charge in [-0.2, -0.15) is 0 Å². The summed E-state index contributed by atoms with van der Waals surface area (Å²) in [5, 5.41) is 3.41. The molecule has 1 N–H and O–H groups in total. The molecule has 1 fully saturated rings. The Morgan fingerprint density at radius 3 is 2.60 bits per heavy atom. The van der Waals surface area contributed by atoms with Crippen LogP contribution >= 0.6 is 15.9 Å². The Bertz CT molecular complexity index is 433. The van der Waals surface area contributed by atoms with Crippen molar-refractivity contribution in [1.29, 1.82) is 0 Å². The Morgan fingerprint density at radius 1 is 1.20 bits per heavy atom. The van der Waals surface area contributed by atoms with Crippen molar-refractivity contribution in [2.75, 3.05) is 25.1 Å². The first-order valence-electron chi connectivity index (χ1n) is 7.64. The molecule has 1 saturated heterocycles. The SMILES string of the molecule is CCCNc1nc(C2CCOCC2)nc(CCC)c1Br. The molecule has 112 valence electrons. The van der Waals surface area contributed by atoms with Crippen molar-refractivity contribution in [1.82, 2.24) is 9.97 Å². The molecule has 0 atom stereocenters. The summed E-state index contributed by atoms with van der Waals surface area (Å²) in [5.74, 6) is 2.37. The average Bonchev–Trinajstić information content (AvgIpc) is 2.49. The topological polar surface area (TPSA) is 47.0 Å². The number of anilines is 1. The Morgan fingerprint density at radius 2 is 1.95 bits per heavy atom. The van der Waals surface area contributed by atoms with Gasteiger partial charge >= 0.3 is 0 Å². The van der Waals surface area contributed by atoms with E-state index in [9.17, 15) is 0 Å². The van der Waals surface area contributed by atoms with Gasteiger partial charge in [0, 0.05) is 25.7 Å². The molecule has 0 aromatic carbocycles. The minimum atomic E-state index is 0.439. The normalized spacial score (nSPS) is 16.4. The fourth-order valence-corrected chi connectivity index (χ4v) is 2.93. The fraction of sp³-hybridized carbons (Fsp3) is 0.733. The molecule has 0 radical (unpaired) electrons. The molecule has 2 heterocycles. The van der Waals surface area contributed by atoms with Crippen molar-refractivity contribution in [3.8, 4) is 0 Å². The molecule has 0 bridgehead atoms. The van der Waals surface area contributed by atoms with Crippen LogP contribution in [0.1, 0.15) is 57.0 Å². The number of hydrogen-bond donors (Lipinski definition) is 1. The van der Waals surface area contributed by atoms with Crippen LogP contribution in [0.2, 0.25) is 0 Å². The largest absolute Gasteiger partial charge is 0.381 e. The molecule has 1 aromatic heterocycles. The third-order valence-corrected chi connectivity index (χ3v) is 4.39. The lowest BCUT2D eigenvalue weighted by Gasteiger charge is -2.22. The zero-order valence-electron chi connectivity index (χ0n) is 12.4. The summed E-state index contributed by atoms with van der Waals surface area (Å²) in [6, 6.07) is 0. The van der Waals surface area contributed by atoms with E-state index in [1.54, 1.807) is 0 Å². The zero-order chi connectivity index (χ0) is 14.4. The second-order valence-corrected chi connectivity index (χ2v) is 6.05. The first-order chi connectivity index (χ1) is 9.76. The van der Waals surface area contributed by atoms with Gasteiger partial charge in [-0.1, -0.05) is 20.3 Å². The van der Waals surface area contributed by atoms with Crippen molar-refractivity contribution in [3.63, 3.8) is 0 Å². The smallest absolute Gasteiger partial charge is 0.144 e. The van der Waals surface area contributed by atoms with Crippen molar-refractivity contribution >= 4 is 21.7 Å². The molecule has 1 aliphatic rings. The van der Waals surface area contributed by atoms with Crippen molar-refractivity contribution in [3.05, 3.63) is 16.0 Å². The van der Waals surface area contributed by atoms with E-state index in [0.29, 0.717) is 5.92 Å². The predicted octanol–water partition coefficient (Wildman–Crippen LogP) is 3.91. The molecule has 2 rings (SSSR count). The number of nitrogens with zero attached hydrogens (tertiary/aromatic N) is 2. The predicted molar refractivity (Wildman–Crippen MR) is 85.3 cm³/mol. The molecule has 0 aliphatic carbocycles. The summed E-state index contributed by atoms with van der Waals surface area (Å²) in [5.41, 5.74) is 1.13. The zero-order valence-corrected chi connectivity index (χ0v) is 14.0. The standard InChI is InChI=1S/C15H24BrN3O/c1-3-5-12-13(16)15(17-8-4-2)19-14(18-12)11-6-9-20-10-7-11/h11H,3-10H2,1-2H3,(H,17,18,19). The number of nitrogens with one attached hydrogen (secondary N) is 1. The molecule has 0 unspecified atom stereocenters. The van der Waals surface area contributed by atoms with Crippen LogP contribution in [0, 0.1) is 0 Å². The van der Waals surface area contributed by atoms with E-state index >= 15 is 0 Å². The molecular formula is C15H24BrN3O. The Kier molecular flexibility index (Phi) is 6.23.